The summed E-state index contributed by atoms with van der Waals surface area (Å²) in [4.78, 5) is 11.3. The van der Waals surface area contributed by atoms with Crippen molar-refractivity contribution in [2.45, 2.75) is 26.7 Å². The molecule has 0 unspecified atom stereocenters. The van der Waals surface area contributed by atoms with Gasteiger partial charge in [0.15, 0.2) is 0 Å². The zero-order valence-corrected chi connectivity index (χ0v) is 11.3. The molecule has 0 aromatic rings. The fourth-order valence-electron chi connectivity index (χ4n) is 0.906. The Bertz CT molecular complexity index is 166. The van der Waals surface area contributed by atoms with Crippen LogP contribution in [0, 0.1) is 5.92 Å². The minimum atomic E-state index is 0.174. The normalized spacial score (nSPS) is 10.7. The molecule has 0 rings (SSSR count). The molecule has 3 nitrogen and oxygen atoms in total. The first kappa shape index (κ1) is 15.1. The van der Waals surface area contributed by atoms with E-state index >= 15 is 0 Å². The third-order valence-electron chi connectivity index (χ3n) is 1.74. The Balaban J connectivity index is 3.17. The molecule has 0 aliphatic rings. The molecule has 0 saturated carbocycles. The van der Waals surface area contributed by atoms with E-state index in [-0.39, 0.29) is 5.91 Å². The van der Waals surface area contributed by atoms with Crippen LogP contribution in [0.4, 0.5) is 0 Å². The van der Waals surface area contributed by atoms with Crippen molar-refractivity contribution in [1.82, 2.24) is 5.32 Å². The largest absolute Gasteiger partial charge is 0.355 e. The zero-order chi connectivity index (χ0) is 11.5. The molecular weight excluding hydrogens is 228 g/mol. The van der Waals surface area contributed by atoms with Crippen LogP contribution in [0.2, 0.25) is 0 Å². The van der Waals surface area contributed by atoms with E-state index in [1.165, 1.54) is 0 Å². The highest BCUT2D eigenvalue weighted by atomic mass is 33.1. The van der Waals surface area contributed by atoms with Gasteiger partial charge in [0.1, 0.15) is 0 Å². The second-order valence-electron chi connectivity index (χ2n) is 3.72. The van der Waals surface area contributed by atoms with Crippen molar-refractivity contribution in [3.63, 3.8) is 0 Å². The highest BCUT2D eigenvalue weighted by molar-refractivity contribution is 8.76. The van der Waals surface area contributed by atoms with Gasteiger partial charge in [0.2, 0.25) is 5.91 Å². The number of hydrogen-bond donors (Lipinski definition) is 2. The quantitative estimate of drug-likeness (QED) is 0.484. The van der Waals surface area contributed by atoms with Gasteiger partial charge in [0.05, 0.1) is 0 Å². The van der Waals surface area contributed by atoms with Gasteiger partial charge in [-0.2, -0.15) is 0 Å². The lowest BCUT2D eigenvalue weighted by molar-refractivity contribution is -0.121. The molecule has 3 N–H and O–H groups in total. The number of carbonyl (C=O) groups is 1. The lowest BCUT2D eigenvalue weighted by atomic mass is 10.1. The first-order valence-electron chi connectivity index (χ1n) is 5.38. The van der Waals surface area contributed by atoms with Crippen molar-refractivity contribution >= 4 is 27.5 Å². The average molecular weight is 250 g/mol. The van der Waals surface area contributed by atoms with Gasteiger partial charge in [0.25, 0.3) is 0 Å². The number of rotatable bonds is 9. The second-order valence-corrected chi connectivity index (χ2v) is 6.42. The average Bonchev–Trinajstić information content (AvgIpc) is 2.20. The van der Waals surface area contributed by atoms with Crippen LogP contribution in [0.3, 0.4) is 0 Å². The number of hydrogen-bond acceptors (Lipinski definition) is 4. The first-order valence-corrected chi connectivity index (χ1v) is 7.86. The number of amides is 1. The van der Waals surface area contributed by atoms with Gasteiger partial charge in [-0.3, -0.25) is 4.79 Å². The summed E-state index contributed by atoms with van der Waals surface area (Å²) in [5, 5.41) is 2.91. The van der Waals surface area contributed by atoms with Gasteiger partial charge >= 0.3 is 0 Å². The van der Waals surface area contributed by atoms with Gasteiger partial charge in [-0.1, -0.05) is 35.4 Å². The molecule has 0 bridgehead atoms. The van der Waals surface area contributed by atoms with E-state index in [2.05, 4.69) is 19.2 Å². The van der Waals surface area contributed by atoms with Crippen LogP contribution in [0.5, 0.6) is 0 Å². The van der Waals surface area contributed by atoms with E-state index in [1.54, 1.807) is 21.6 Å². The van der Waals surface area contributed by atoms with Crippen LogP contribution in [-0.4, -0.2) is 30.5 Å². The minimum absolute atomic E-state index is 0.174. The van der Waals surface area contributed by atoms with E-state index in [4.69, 9.17) is 5.73 Å². The zero-order valence-electron chi connectivity index (χ0n) is 9.62. The standard InChI is InChI=1S/C10H22N2OS2/c1-9(2)3-4-10(13)12-6-8-15-14-7-5-11/h9H,3-8,11H2,1-2H3,(H,12,13). The molecule has 5 heteroatoms. The van der Waals surface area contributed by atoms with Crippen molar-refractivity contribution in [2.24, 2.45) is 11.7 Å². The summed E-state index contributed by atoms with van der Waals surface area (Å²) >= 11 is 0. The maximum Gasteiger partial charge on any atom is 0.220 e. The molecule has 0 radical (unpaired) electrons. The highest BCUT2D eigenvalue weighted by Crippen LogP contribution is 2.18. The van der Waals surface area contributed by atoms with Crippen molar-refractivity contribution in [1.29, 1.82) is 0 Å². The fourth-order valence-corrected chi connectivity index (χ4v) is 2.67. The van der Waals surface area contributed by atoms with E-state index in [9.17, 15) is 4.79 Å². The number of nitrogens with two attached hydrogens (primary N) is 1. The van der Waals surface area contributed by atoms with Crippen LogP contribution in [-0.2, 0) is 4.79 Å². The van der Waals surface area contributed by atoms with Gasteiger partial charge in [0, 0.05) is 31.0 Å². The summed E-state index contributed by atoms with van der Waals surface area (Å²) in [6.07, 6.45) is 1.62. The Labute approximate surface area is 101 Å². The van der Waals surface area contributed by atoms with E-state index in [0.717, 1.165) is 31.0 Å². The van der Waals surface area contributed by atoms with Crippen LogP contribution in [0.15, 0.2) is 0 Å². The van der Waals surface area contributed by atoms with Gasteiger partial charge in [-0.25, -0.2) is 0 Å². The van der Waals surface area contributed by atoms with E-state index < -0.39 is 0 Å². The highest BCUT2D eigenvalue weighted by Gasteiger charge is 2.02. The maximum absolute atomic E-state index is 11.3. The van der Waals surface area contributed by atoms with Crippen molar-refractivity contribution in [3.05, 3.63) is 0 Å². The summed E-state index contributed by atoms with van der Waals surface area (Å²) in [5.74, 6) is 2.71. The van der Waals surface area contributed by atoms with Crippen molar-refractivity contribution < 1.29 is 4.79 Å². The molecule has 0 saturated heterocycles. The van der Waals surface area contributed by atoms with Gasteiger partial charge in [-0.15, -0.1) is 0 Å². The SMILES string of the molecule is CC(C)CCC(=O)NCCSSCCN. The van der Waals surface area contributed by atoms with Crippen LogP contribution in [0.1, 0.15) is 26.7 Å². The Morgan fingerprint density at radius 2 is 2.00 bits per heavy atom. The molecule has 0 atom stereocenters. The molecule has 15 heavy (non-hydrogen) atoms. The maximum atomic E-state index is 11.3. The van der Waals surface area contributed by atoms with E-state index in [0.29, 0.717) is 12.3 Å². The summed E-state index contributed by atoms with van der Waals surface area (Å²) in [6.45, 7) is 5.75. The topological polar surface area (TPSA) is 55.1 Å². The van der Waals surface area contributed by atoms with Crippen molar-refractivity contribution in [2.75, 3.05) is 24.6 Å². The first-order chi connectivity index (χ1) is 7.16. The second kappa shape index (κ2) is 10.6. The summed E-state index contributed by atoms with van der Waals surface area (Å²) in [5.41, 5.74) is 5.36. The summed E-state index contributed by atoms with van der Waals surface area (Å²) in [6, 6.07) is 0. The molecule has 0 spiro atoms. The van der Waals surface area contributed by atoms with Gasteiger partial charge in [-0.05, 0) is 12.3 Å². The Kier molecular flexibility index (Phi) is 10.7. The lowest BCUT2D eigenvalue weighted by Crippen LogP contribution is -2.25. The van der Waals surface area contributed by atoms with E-state index in [1.807, 2.05) is 0 Å². The summed E-state index contributed by atoms with van der Waals surface area (Å²) < 4.78 is 0. The lowest BCUT2D eigenvalue weighted by Gasteiger charge is -2.06. The minimum Gasteiger partial charge on any atom is -0.355 e. The Morgan fingerprint density at radius 1 is 1.33 bits per heavy atom. The number of carbonyl (C=O) groups excluding carboxylic acids is 1. The Hall–Kier alpha value is 0.130. The molecule has 0 aliphatic heterocycles. The van der Waals surface area contributed by atoms with Gasteiger partial charge < -0.3 is 11.1 Å². The molecule has 0 aliphatic carbocycles. The monoisotopic (exact) mass is 250 g/mol. The smallest absolute Gasteiger partial charge is 0.220 e. The molecule has 0 aromatic heterocycles. The third kappa shape index (κ3) is 12.1. The van der Waals surface area contributed by atoms with Crippen molar-refractivity contribution in [3.8, 4) is 0 Å². The summed E-state index contributed by atoms with van der Waals surface area (Å²) in [7, 11) is 3.53. The van der Waals surface area contributed by atoms with Crippen LogP contribution >= 0.6 is 21.6 Å². The number of nitrogens with one attached hydrogen (secondary N) is 1. The molecule has 0 fully saturated rings. The Morgan fingerprint density at radius 3 is 2.60 bits per heavy atom. The molecular formula is C10H22N2OS2. The molecule has 90 valence electrons. The van der Waals surface area contributed by atoms with Crippen LogP contribution in [0.25, 0.3) is 0 Å². The molecule has 1 amide bonds. The molecule has 0 heterocycles. The predicted octanol–water partition coefficient (Wildman–Crippen LogP) is 1.88. The van der Waals surface area contributed by atoms with Crippen LogP contribution < -0.4 is 11.1 Å². The fraction of sp³-hybridized carbons (Fsp3) is 0.900. The third-order valence-corrected chi connectivity index (χ3v) is 4.18. The molecule has 0 aromatic carbocycles. The predicted molar refractivity (Wildman–Crippen MR) is 71.1 cm³/mol.